The summed E-state index contributed by atoms with van der Waals surface area (Å²) in [7, 11) is 1.67. The van der Waals surface area contributed by atoms with Crippen molar-refractivity contribution in [2.45, 2.75) is 6.04 Å². The second kappa shape index (κ2) is 6.11. The van der Waals surface area contributed by atoms with E-state index in [0.717, 1.165) is 10.0 Å². The van der Waals surface area contributed by atoms with Crippen molar-refractivity contribution in [3.05, 3.63) is 68.1 Å². The molecule has 1 atom stereocenters. The van der Waals surface area contributed by atoms with Gasteiger partial charge in [-0.3, -0.25) is 0 Å². The fraction of sp³-hybridized carbons (Fsp3) is 0.143. The van der Waals surface area contributed by atoms with E-state index in [1.807, 2.05) is 24.3 Å². The first kappa shape index (κ1) is 14.6. The maximum Gasteiger partial charge on any atom is 0.145 e. The number of rotatable bonds is 3. The molecule has 0 bridgehead atoms. The van der Waals surface area contributed by atoms with Gasteiger partial charge in [-0.25, -0.2) is 8.78 Å². The molecule has 19 heavy (non-hydrogen) atoms. The van der Waals surface area contributed by atoms with Crippen LogP contribution in [0.5, 0.6) is 0 Å². The Bertz CT molecular complexity index is 602. The van der Waals surface area contributed by atoms with Crippen LogP contribution in [0, 0.1) is 11.6 Å². The summed E-state index contributed by atoms with van der Waals surface area (Å²) in [6.07, 6.45) is 0. The lowest BCUT2D eigenvalue weighted by Gasteiger charge is -2.20. The van der Waals surface area contributed by atoms with Gasteiger partial charge in [-0.15, -0.1) is 0 Å². The molecule has 0 fully saturated rings. The minimum absolute atomic E-state index is 0.00350. The Morgan fingerprint density at radius 2 is 1.68 bits per heavy atom. The normalized spacial score (nSPS) is 12.5. The topological polar surface area (TPSA) is 12.0 Å². The van der Waals surface area contributed by atoms with Crippen molar-refractivity contribution in [1.29, 1.82) is 0 Å². The fourth-order valence-corrected chi connectivity index (χ4v) is 2.83. The average Bonchev–Trinajstić information content (AvgIpc) is 2.40. The van der Waals surface area contributed by atoms with Gasteiger partial charge in [0.1, 0.15) is 11.6 Å². The van der Waals surface area contributed by atoms with Crippen LogP contribution < -0.4 is 5.32 Å². The van der Waals surface area contributed by atoms with Crippen molar-refractivity contribution in [2.75, 3.05) is 7.05 Å². The Labute approximate surface area is 127 Å². The summed E-state index contributed by atoms with van der Waals surface area (Å²) in [4.78, 5) is 0. The lowest BCUT2D eigenvalue weighted by atomic mass is 9.98. The molecule has 0 radical (unpaired) electrons. The molecule has 0 spiro atoms. The van der Waals surface area contributed by atoms with Gasteiger partial charge < -0.3 is 5.32 Å². The highest BCUT2D eigenvalue weighted by Crippen LogP contribution is 2.33. The molecule has 0 aliphatic rings. The number of nitrogens with one attached hydrogen (secondary N) is 1. The van der Waals surface area contributed by atoms with Gasteiger partial charge in [-0.2, -0.15) is 0 Å². The quantitative estimate of drug-likeness (QED) is 0.742. The zero-order chi connectivity index (χ0) is 14.0. The zero-order valence-electron chi connectivity index (χ0n) is 10.1. The van der Waals surface area contributed by atoms with E-state index in [-0.39, 0.29) is 10.0 Å². The summed E-state index contributed by atoms with van der Waals surface area (Å²) in [5, 5.41) is 2.95. The highest BCUT2D eigenvalue weighted by molar-refractivity contribution is 9.10. The predicted octanol–water partition coefficient (Wildman–Crippen LogP) is 4.80. The van der Waals surface area contributed by atoms with E-state index >= 15 is 0 Å². The van der Waals surface area contributed by atoms with Crippen LogP contribution in [0.3, 0.4) is 0 Å². The Kier molecular flexibility index (Phi) is 4.71. The van der Waals surface area contributed by atoms with Crippen molar-refractivity contribution in [1.82, 2.24) is 5.32 Å². The van der Waals surface area contributed by atoms with E-state index in [4.69, 9.17) is 0 Å². The van der Waals surface area contributed by atoms with Gasteiger partial charge in [0.05, 0.1) is 10.5 Å². The summed E-state index contributed by atoms with van der Waals surface area (Å²) in [6, 6.07) is 9.41. The molecule has 5 heteroatoms. The smallest absolute Gasteiger partial charge is 0.145 e. The highest BCUT2D eigenvalue weighted by atomic mass is 79.9. The van der Waals surface area contributed by atoms with Gasteiger partial charge in [0, 0.05) is 10.0 Å². The van der Waals surface area contributed by atoms with Crippen LogP contribution in [0.15, 0.2) is 45.3 Å². The molecule has 2 aromatic carbocycles. The van der Waals surface area contributed by atoms with E-state index in [2.05, 4.69) is 37.2 Å². The molecular weight excluding hydrogens is 380 g/mol. The SMILES string of the molecule is CNC(c1ccccc1Br)c1c(F)ccc(Br)c1F. The van der Waals surface area contributed by atoms with Gasteiger partial charge in [0.25, 0.3) is 0 Å². The molecule has 2 rings (SSSR count). The van der Waals surface area contributed by atoms with Crippen LogP contribution in [0.2, 0.25) is 0 Å². The first-order chi connectivity index (χ1) is 9.06. The molecule has 0 aliphatic heterocycles. The Hall–Kier alpha value is -0.780. The third-order valence-electron chi connectivity index (χ3n) is 2.87. The van der Waals surface area contributed by atoms with E-state index in [0.29, 0.717) is 0 Å². The molecule has 1 N–H and O–H groups in total. The number of benzene rings is 2. The lowest BCUT2D eigenvalue weighted by Crippen LogP contribution is -2.21. The monoisotopic (exact) mass is 389 g/mol. The summed E-state index contributed by atoms with van der Waals surface area (Å²) in [5.41, 5.74) is 0.782. The van der Waals surface area contributed by atoms with E-state index in [1.54, 1.807) is 7.05 Å². The Morgan fingerprint density at radius 3 is 2.32 bits per heavy atom. The lowest BCUT2D eigenvalue weighted by molar-refractivity contribution is 0.518. The van der Waals surface area contributed by atoms with Crippen LogP contribution in [-0.4, -0.2) is 7.05 Å². The molecule has 0 saturated heterocycles. The van der Waals surface area contributed by atoms with Crippen LogP contribution in [0.4, 0.5) is 8.78 Å². The van der Waals surface area contributed by atoms with Crippen LogP contribution in [0.25, 0.3) is 0 Å². The Balaban J connectivity index is 2.61. The zero-order valence-corrected chi connectivity index (χ0v) is 13.2. The molecule has 100 valence electrons. The maximum atomic E-state index is 14.2. The molecule has 0 saturated carbocycles. The first-order valence-electron chi connectivity index (χ1n) is 5.61. The summed E-state index contributed by atoms with van der Waals surface area (Å²) < 4.78 is 29.2. The second-order valence-electron chi connectivity index (χ2n) is 4.00. The first-order valence-corrected chi connectivity index (χ1v) is 7.20. The van der Waals surface area contributed by atoms with Gasteiger partial charge in [-0.1, -0.05) is 34.1 Å². The molecule has 0 aliphatic carbocycles. The molecule has 0 aromatic heterocycles. The molecule has 1 unspecified atom stereocenters. The fourth-order valence-electron chi connectivity index (χ4n) is 1.97. The van der Waals surface area contributed by atoms with E-state index in [9.17, 15) is 8.78 Å². The summed E-state index contributed by atoms with van der Waals surface area (Å²) in [6.45, 7) is 0. The van der Waals surface area contributed by atoms with Crippen molar-refractivity contribution < 1.29 is 8.78 Å². The van der Waals surface area contributed by atoms with E-state index in [1.165, 1.54) is 12.1 Å². The van der Waals surface area contributed by atoms with Gasteiger partial charge in [0.15, 0.2) is 0 Å². The molecule has 0 amide bonds. The predicted molar refractivity (Wildman–Crippen MR) is 79.1 cm³/mol. The number of halogens is 4. The molecular formula is C14H11Br2F2N. The van der Waals surface area contributed by atoms with Crippen molar-refractivity contribution in [2.24, 2.45) is 0 Å². The van der Waals surface area contributed by atoms with Crippen molar-refractivity contribution in [3.63, 3.8) is 0 Å². The largest absolute Gasteiger partial charge is 0.309 e. The number of hydrogen-bond acceptors (Lipinski definition) is 1. The minimum Gasteiger partial charge on any atom is -0.309 e. The van der Waals surface area contributed by atoms with Crippen LogP contribution in [-0.2, 0) is 0 Å². The van der Waals surface area contributed by atoms with Crippen molar-refractivity contribution in [3.8, 4) is 0 Å². The molecule has 1 nitrogen and oxygen atoms in total. The van der Waals surface area contributed by atoms with Crippen LogP contribution >= 0.6 is 31.9 Å². The maximum absolute atomic E-state index is 14.2. The summed E-state index contributed by atoms with van der Waals surface area (Å²) in [5.74, 6) is -1.16. The summed E-state index contributed by atoms with van der Waals surface area (Å²) >= 11 is 6.49. The highest BCUT2D eigenvalue weighted by Gasteiger charge is 2.23. The third kappa shape index (κ3) is 2.88. The van der Waals surface area contributed by atoms with Crippen LogP contribution in [0.1, 0.15) is 17.2 Å². The molecule has 0 heterocycles. The van der Waals surface area contributed by atoms with Gasteiger partial charge in [-0.05, 0) is 46.7 Å². The van der Waals surface area contributed by atoms with E-state index < -0.39 is 17.7 Å². The second-order valence-corrected chi connectivity index (χ2v) is 5.71. The minimum atomic E-state index is -0.588. The third-order valence-corrected chi connectivity index (χ3v) is 4.21. The average molecular weight is 391 g/mol. The standard InChI is InChI=1S/C14H11Br2F2N/c1-19-14(8-4-2-3-5-9(8)15)12-11(17)7-6-10(16)13(12)18/h2-7,14,19H,1H3. The molecule has 2 aromatic rings. The Morgan fingerprint density at radius 1 is 1.00 bits per heavy atom. The van der Waals surface area contributed by atoms with Gasteiger partial charge >= 0.3 is 0 Å². The number of hydrogen-bond donors (Lipinski definition) is 1. The van der Waals surface area contributed by atoms with Gasteiger partial charge in [0.2, 0.25) is 0 Å². The van der Waals surface area contributed by atoms with Crippen molar-refractivity contribution >= 4 is 31.9 Å².